The van der Waals surface area contributed by atoms with E-state index in [-0.39, 0.29) is 0 Å². The Hall–Kier alpha value is -7.21. The standard InChI is InChI=1S/C51H31N3OS/c1-4-15-32(16-5-1)35-21-12-22-36(31-35)50-52-49(34-19-8-3-9-20-34)53-51(54-50)42-26-13-25-41-45-38(24-14-27-43(45)55-47(41)42)39-30-29-37(33-17-6-2-7-18-33)48-46(39)40-23-10-11-28-44(40)56-48/h1-31H. The topological polar surface area (TPSA) is 51.8 Å². The summed E-state index contributed by atoms with van der Waals surface area (Å²) in [6, 6.07) is 65.5. The summed E-state index contributed by atoms with van der Waals surface area (Å²) in [5.41, 5.74) is 11.2. The molecule has 0 spiro atoms. The second kappa shape index (κ2) is 13.3. The normalized spacial score (nSPS) is 11.6. The maximum atomic E-state index is 6.84. The summed E-state index contributed by atoms with van der Waals surface area (Å²) in [6.07, 6.45) is 0. The fourth-order valence-corrected chi connectivity index (χ4v) is 9.22. The third kappa shape index (κ3) is 5.40. The summed E-state index contributed by atoms with van der Waals surface area (Å²) in [4.78, 5) is 15.3. The van der Waals surface area contributed by atoms with E-state index in [0.29, 0.717) is 17.5 Å². The van der Waals surface area contributed by atoms with Gasteiger partial charge in [0.15, 0.2) is 17.5 Å². The van der Waals surface area contributed by atoms with Gasteiger partial charge in [-0.05, 0) is 57.6 Å². The zero-order valence-electron chi connectivity index (χ0n) is 30.1. The molecule has 0 fully saturated rings. The van der Waals surface area contributed by atoms with Gasteiger partial charge in [0.05, 0.1) is 5.56 Å². The number of hydrogen-bond donors (Lipinski definition) is 0. The van der Waals surface area contributed by atoms with E-state index in [1.165, 1.54) is 36.9 Å². The van der Waals surface area contributed by atoms with Crippen LogP contribution in [0.1, 0.15) is 0 Å². The molecule has 8 aromatic carbocycles. The van der Waals surface area contributed by atoms with E-state index in [9.17, 15) is 0 Å². The Bertz CT molecular complexity index is 3240. The van der Waals surface area contributed by atoms with Crippen molar-refractivity contribution in [3.63, 3.8) is 0 Å². The van der Waals surface area contributed by atoms with Crippen molar-refractivity contribution >= 4 is 53.4 Å². The monoisotopic (exact) mass is 733 g/mol. The van der Waals surface area contributed by atoms with E-state index in [1.807, 2.05) is 47.7 Å². The lowest BCUT2D eigenvalue weighted by Gasteiger charge is -2.11. The molecule has 4 nitrogen and oxygen atoms in total. The fourth-order valence-electron chi connectivity index (χ4n) is 7.96. The highest BCUT2D eigenvalue weighted by atomic mass is 32.1. The molecule has 56 heavy (non-hydrogen) atoms. The van der Waals surface area contributed by atoms with Gasteiger partial charge in [0, 0.05) is 42.1 Å². The Morgan fingerprint density at radius 1 is 0.357 bits per heavy atom. The summed E-state index contributed by atoms with van der Waals surface area (Å²) in [5, 5.41) is 4.61. The summed E-state index contributed by atoms with van der Waals surface area (Å²) >= 11 is 1.86. The molecule has 0 unspecified atom stereocenters. The number of thiophene rings is 1. The Kier molecular flexibility index (Phi) is 7.64. The lowest BCUT2D eigenvalue weighted by molar-refractivity contribution is 0.669. The van der Waals surface area contributed by atoms with Gasteiger partial charge in [0.2, 0.25) is 0 Å². The number of rotatable bonds is 6. The van der Waals surface area contributed by atoms with Crippen molar-refractivity contribution in [2.24, 2.45) is 0 Å². The third-order valence-corrected chi connectivity index (χ3v) is 11.8. The first-order valence-corrected chi connectivity index (χ1v) is 19.5. The fraction of sp³-hybridized carbons (Fsp3) is 0. The SMILES string of the molecule is c1ccc(-c2cccc(-c3nc(-c4ccccc4)nc(-c4cccc5c4oc4cccc(-c6ccc(-c7ccccc7)c7sc8ccccc8c67)c45)n3)c2)cc1. The number of nitrogens with zero attached hydrogens (tertiary/aromatic N) is 3. The van der Waals surface area contributed by atoms with Gasteiger partial charge in [-0.25, -0.2) is 15.0 Å². The minimum absolute atomic E-state index is 0.559. The van der Waals surface area contributed by atoms with Crippen LogP contribution < -0.4 is 0 Å². The van der Waals surface area contributed by atoms with Crippen molar-refractivity contribution in [1.29, 1.82) is 0 Å². The molecule has 0 N–H and O–H groups in total. The molecular weight excluding hydrogens is 703 g/mol. The van der Waals surface area contributed by atoms with Gasteiger partial charge in [-0.1, -0.05) is 164 Å². The molecule has 0 aliphatic carbocycles. The van der Waals surface area contributed by atoms with Crippen LogP contribution >= 0.6 is 11.3 Å². The number of furan rings is 1. The van der Waals surface area contributed by atoms with Crippen molar-refractivity contribution < 1.29 is 4.42 Å². The maximum Gasteiger partial charge on any atom is 0.167 e. The van der Waals surface area contributed by atoms with Crippen molar-refractivity contribution in [1.82, 2.24) is 15.0 Å². The van der Waals surface area contributed by atoms with Crippen LogP contribution in [0.15, 0.2) is 192 Å². The molecule has 0 atom stereocenters. The van der Waals surface area contributed by atoms with E-state index in [0.717, 1.165) is 55.3 Å². The molecule has 11 rings (SSSR count). The van der Waals surface area contributed by atoms with Crippen LogP contribution in [-0.2, 0) is 0 Å². The van der Waals surface area contributed by atoms with Gasteiger partial charge in [-0.2, -0.15) is 0 Å². The Balaban J connectivity index is 1.13. The van der Waals surface area contributed by atoms with Gasteiger partial charge >= 0.3 is 0 Å². The van der Waals surface area contributed by atoms with Gasteiger partial charge in [-0.15, -0.1) is 11.3 Å². The predicted octanol–water partition coefficient (Wildman–Crippen LogP) is 14.1. The Morgan fingerprint density at radius 3 is 1.71 bits per heavy atom. The predicted molar refractivity (Wildman–Crippen MR) is 233 cm³/mol. The molecule has 11 aromatic rings. The zero-order chi connectivity index (χ0) is 37.0. The van der Waals surface area contributed by atoms with Crippen LogP contribution in [-0.4, -0.2) is 15.0 Å². The smallest absolute Gasteiger partial charge is 0.167 e. The molecule has 0 saturated heterocycles. The maximum absolute atomic E-state index is 6.84. The average molecular weight is 734 g/mol. The van der Waals surface area contributed by atoms with E-state index in [2.05, 4.69) is 152 Å². The number of fused-ring (bicyclic) bond motifs is 6. The van der Waals surface area contributed by atoms with Crippen LogP contribution in [0.3, 0.4) is 0 Å². The van der Waals surface area contributed by atoms with Gasteiger partial charge in [0.25, 0.3) is 0 Å². The molecule has 0 aliphatic rings. The molecule has 0 radical (unpaired) electrons. The first-order chi connectivity index (χ1) is 27.8. The van der Waals surface area contributed by atoms with Crippen molar-refractivity contribution in [2.45, 2.75) is 0 Å². The molecule has 0 amide bonds. The zero-order valence-corrected chi connectivity index (χ0v) is 30.9. The minimum Gasteiger partial charge on any atom is -0.455 e. The number of aromatic nitrogens is 3. The average Bonchev–Trinajstić information content (AvgIpc) is 3.86. The van der Waals surface area contributed by atoms with E-state index < -0.39 is 0 Å². The molecule has 262 valence electrons. The quantitative estimate of drug-likeness (QED) is 0.171. The number of benzene rings is 8. The molecule has 3 heterocycles. The second-order valence-electron chi connectivity index (χ2n) is 13.9. The second-order valence-corrected chi connectivity index (χ2v) is 15.0. The molecule has 3 aromatic heterocycles. The summed E-state index contributed by atoms with van der Waals surface area (Å²) in [7, 11) is 0. The Labute approximate surface area is 327 Å². The van der Waals surface area contributed by atoms with Crippen molar-refractivity contribution in [3.8, 4) is 67.5 Å². The number of hydrogen-bond acceptors (Lipinski definition) is 5. The highest BCUT2D eigenvalue weighted by molar-refractivity contribution is 7.26. The van der Waals surface area contributed by atoms with Crippen LogP contribution in [0.4, 0.5) is 0 Å². The molecule has 0 saturated carbocycles. The van der Waals surface area contributed by atoms with E-state index >= 15 is 0 Å². The third-order valence-electron chi connectivity index (χ3n) is 10.6. The van der Waals surface area contributed by atoms with Gasteiger partial charge in [0.1, 0.15) is 11.2 Å². The summed E-state index contributed by atoms with van der Waals surface area (Å²) < 4.78 is 9.40. The lowest BCUT2D eigenvalue weighted by Crippen LogP contribution is -2.00. The Morgan fingerprint density at radius 2 is 0.911 bits per heavy atom. The molecule has 5 heteroatoms. The van der Waals surface area contributed by atoms with E-state index in [4.69, 9.17) is 19.4 Å². The van der Waals surface area contributed by atoms with Crippen molar-refractivity contribution in [2.75, 3.05) is 0 Å². The van der Waals surface area contributed by atoms with Crippen LogP contribution in [0.2, 0.25) is 0 Å². The highest BCUT2D eigenvalue weighted by Gasteiger charge is 2.22. The van der Waals surface area contributed by atoms with Crippen LogP contribution in [0.5, 0.6) is 0 Å². The molecule has 0 bridgehead atoms. The largest absolute Gasteiger partial charge is 0.455 e. The van der Waals surface area contributed by atoms with E-state index in [1.54, 1.807) is 0 Å². The first-order valence-electron chi connectivity index (χ1n) is 18.7. The highest BCUT2D eigenvalue weighted by Crippen LogP contribution is 2.48. The van der Waals surface area contributed by atoms with Crippen LogP contribution in [0.25, 0.3) is 110 Å². The van der Waals surface area contributed by atoms with Gasteiger partial charge in [-0.3, -0.25) is 0 Å². The van der Waals surface area contributed by atoms with Crippen molar-refractivity contribution in [3.05, 3.63) is 188 Å². The minimum atomic E-state index is 0.559. The van der Waals surface area contributed by atoms with Crippen LogP contribution in [0, 0.1) is 0 Å². The molecule has 0 aliphatic heterocycles. The number of para-hydroxylation sites is 1. The first kappa shape index (κ1) is 32.2. The summed E-state index contributed by atoms with van der Waals surface area (Å²) in [6.45, 7) is 0. The molecular formula is C51H31N3OS. The van der Waals surface area contributed by atoms with Gasteiger partial charge < -0.3 is 4.42 Å². The summed E-state index contributed by atoms with van der Waals surface area (Å²) in [5.74, 6) is 1.77. The lowest BCUT2D eigenvalue weighted by atomic mass is 9.92.